The quantitative estimate of drug-likeness (QED) is 0.310. The fourth-order valence-corrected chi connectivity index (χ4v) is 4.72. The number of benzene rings is 3. The number of amides is 1. The molecule has 0 saturated carbocycles. The van der Waals surface area contributed by atoms with Crippen molar-refractivity contribution in [2.75, 3.05) is 20.2 Å². The van der Waals surface area contributed by atoms with E-state index in [0.717, 1.165) is 22.4 Å². The van der Waals surface area contributed by atoms with Crippen LogP contribution in [-0.2, 0) is 33.0 Å². The molecule has 202 valence electrons. The zero-order valence-corrected chi connectivity index (χ0v) is 23.2. The normalized spacial score (nSPS) is 19.7. The molecule has 1 amide bonds. The zero-order chi connectivity index (χ0) is 27.2. The van der Waals surface area contributed by atoms with E-state index in [9.17, 15) is 4.79 Å². The Morgan fingerprint density at radius 1 is 0.947 bits per heavy atom. The number of methoxy groups -OCH3 is 1. The van der Waals surface area contributed by atoms with Crippen LogP contribution in [-0.4, -0.2) is 42.9 Å². The highest BCUT2D eigenvalue weighted by Crippen LogP contribution is 2.41. The molecular formula is C31H36ClNO5. The van der Waals surface area contributed by atoms with Crippen LogP contribution < -0.4 is 4.74 Å². The molecule has 7 heteroatoms. The van der Waals surface area contributed by atoms with Crippen molar-refractivity contribution in [2.45, 2.75) is 57.7 Å². The molecule has 0 unspecified atom stereocenters. The van der Waals surface area contributed by atoms with Crippen molar-refractivity contribution in [1.29, 1.82) is 0 Å². The number of halogens is 1. The fraction of sp³-hybridized carbons (Fsp3) is 0.387. The lowest BCUT2D eigenvalue weighted by Crippen LogP contribution is -2.57. The molecule has 0 aliphatic carbocycles. The van der Waals surface area contributed by atoms with Crippen molar-refractivity contribution < 1.29 is 23.7 Å². The molecule has 1 saturated heterocycles. The first kappa shape index (κ1) is 28.0. The van der Waals surface area contributed by atoms with Crippen LogP contribution in [0.5, 0.6) is 5.75 Å². The Kier molecular flexibility index (Phi) is 8.98. The maximum Gasteiger partial charge on any atom is 0.410 e. The summed E-state index contributed by atoms with van der Waals surface area (Å²) in [6, 6.07) is 25.5. The lowest BCUT2D eigenvalue weighted by atomic mass is 9.81. The first-order valence-corrected chi connectivity index (χ1v) is 13.2. The number of ether oxygens (including phenoxy) is 4. The Labute approximate surface area is 230 Å². The van der Waals surface area contributed by atoms with Crippen molar-refractivity contribution in [3.8, 4) is 5.75 Å². The molecule has 1 aliphatic heterocycles. The molecule has 3 aromatic carbocycles. The summed E-state index contributed by atoms with van der Waals surface area (Å²) in [5.41, 5.74) is 1.62. The summed E-state index contributed by atoms with van der Waals surface area (Å²) in [5.74, 6) is 0.782. The van der Waals surface area contributed by atoms with Gasteiger partial charge in [0.1, 0.15) is 23.1 Å². The molecule has 1 heterocycles. The van der Waals surface area contributed by atoms with Crippen LogP contribution in [0, 0.1) is 0 Å². The van der Waals surface area contributed by atoms with Crippen LogP contribution >= 0.6 is 11.6 Å². The topological polar surface area (TPSA) is 57.2 Å². The van der Waals surface area contributed by atoms with Gasteiger partial charge in [-0.3, -0.25) is 0 Å². The number of carbonyl (C=O) groups excluding carboxylic acids is 1. The van der Waals surface area contributed by atoms with Gasteiger partial charge in [-0.2, -0.15) is 0 Å². The molecule has 0 bridgehead atoms. The minimum Gasteiger partial charge on any atom is -0.497 e. The van der Waals surface area contributed by atoms with Gasteiger partial charge in [0.2, 0.25) is 0 Å². The summed E-state index contributed by atoms with van der Waals surface area (Å²) < 4.78 is 24.4. The molecule has 2 atom stereocenters. The molecule has 38 heavy (non-hydrogen) atoms. The van der Waals surface area contributed by atoms with Gasteiger partial charge in [-0.05, 0) is 61.7 Å². The van der Waals surface area contributed by atoms with Crippen molar-refractivity contribution >= 4 is 17.7 Å². The summed E-state index contributed by atoms with van der Waals surface area (Å²) in [7, 11) is 1.64. The van der Waals surface area contributed by atoms with E-state index >= 15 is 0 Å². The molecule has 0 spiro atoms. The Balaban J connectivity index is 1.66. The van der Waals surface area contributed by atoms with Crippen molar-refractivity contribution in [1.82, 2.24) is 4.90 Å². The number of hydrogen-bond donors (Lipinski definition) is 0. The maximum atomic E-state index is 13.1. The second kappa shape index (κ2) is 12.2. The largest absolute Gasteiger partial charge is 0.497 e. The average Bonchev–Trinajstić information content (AvgIpc) is 2.91. The SMILES string of the molecule is COc1ccc(CO[C@H]2CN(C(=O)OC(C)(C)C)CC[C@@]2(OCc2ccccc2)c2ccc(Cl)cc2)cc1. The molecule has 0 aromatic heterocycles. The number of carbonyl (C=O) groups is 1. The lowest BCUT2D eigenvalue weighted by Gasteiger charge is -2.47. The first-order valence-electron chi connectivity index (χ1n) is 12.8. The lowest BCUT2D eigenvalue weighted by molar-refractivity contribution is -0.191. The van der Waals surface area contributed by atoms with Gasteiger partial charge < -0.3 is 23.8 Å². The standard InChI is InChI=1S/C31H36ClNO5/c1-30(2,3)38-29(34)33-19-18-31(25-12-14-26(32)15-13-25,37-22-23-8-6-5-7-9-23)28(20-33)36-21-24-10-16-27(35-4)17-11-24/h5-17,28H,18-22H2,1-4H3/t28-,31+/m0/s1. The average molecular weight is 538 g/mol. The highest BCUT2D eigenvalue weighted by molar-refractivity contribution is 6.30. The number of rotatable bonds is 8. The number of hydrogen-bond acceptors (Lipinski definition) is 5. The third kappa shape index (κ3) is 7.07. The van der Waals surface area contributed by atoms with Gasteiger partial charge >= 0.3 is 6.09 Å². The number of likely N-dealkylation sites (tertiary alicyclic amines) is 1. The summed E-state index contributed by atoms with van der Waals surface area (Å²) in [5, 5.41) is 0.647. The molecule has 1 fully saturated rings. The van der Waals surface area contributed by atoms with Gasteiger partial charge in [0.15, 0.2) is 0 Å². The Hall–Kier alpha value is -3.06. The van der Waals surface area contributed by atoms with Crippen LogP contribution in [0.4, 0.5) is 4.79 Å². The predicted molar refractivity (Wildman–Crippen MR) is 148 cm³/mol. The zero-order valence-electron chi connectivity index (χ0n) is 22.5. The van der Waals surface area contributed by atoms with Crippen molar-refractivity contribution in [2.24, 2.45) is 0 Å². The van der Waals surface area contributed by atoms with E-state index in [2.05, 4.69) is 0 Å². The first-order chi connectivity index (χ1) is 18.2. The van der Waals surface area contributed by atoms with Crippen LogP contribution in [0.1, 0.15) is 43.9 Å². The summed E-state index contributed by atoms with van der Waals surface area (Å²) in [6.07, 6.45) is -0.285. The van der Waals surface area contributed by atoms with Gasteiger partial charge in [0, 0.05) is 18.0 Å². The van der Waals surface area contributed by atoms with E-state index in [-0.39, 0.29) is 6.09 Å². The highest BCUT2D eigenvalue weighted by atomic mass is 35.5. The smallest absolute Gasteiger partial charge is 0.410 e. The fourth-order valence-electron chi connectivity index (χ4n) is 4.60. The molecule has 4 rings (SSSR count). The molecular weight excluding hydrogens is 502 g/mol. The second-order valence-corrected chi connectivity index (χ2v) is 10.9. The Bertz CT molecular complexity index is 1180. The Morgan fingerprint density at radius 2 is 1.61 bits per heavy atom. The second-order valence-electron chi connectivity index (χ2n) is 10.5. The van der Waals surface area contributed by atoms with Gasteiger partial charge in [-0.1, -0.05) is 66.2 Å². The number of nitrogens with zero attached hydrogens (tertiary/aromatic N) is 1. The van der Waals surface area contributed by atoms with Crippen LogP contribution in [0.3, 0.4) is 0 Å². The predicted octanol–water partition coefficient (Wildman–Crippen LogP) is 6.99. The van der Waals surface area contributed by atoms with Crippen LogP contribution in [0.2, 0.25) is 5.02 Å². The van der Waals surface area contributed by atoms with Gasteiger partial charge in [0.25, 0.3) is 0 Å². The molecule has 3 aromatic rings. The molecule has 6 nitrogen and oxygen atoms in total. The van der Waals surface area contributed by atoms with E-state index in [1.54, 1.807) is 12.0 Å². The highest BCUT2D eigenvalue weighted by Gasteiger charge is 2.48. The van der Waals surface area contributed by atoms with Gasteiger partial charge in [0.05, 0.1) is 26.9 Å². The third-order valence-corrected chi connectivity index (χ3v) is 6.85. The number of piperidine rings is 1. The van der Waals surface area contributed by atoms with Crippen molar-refractivity contribution in [3.05, 3.63) is 101 Å². The van der Waals surface area contributed by atoms with Crippen LogP contribution in [0.15, 0.2) is 78.9 Å². The van der Waals surface area contributed by atoms with E-state index in [0.29, 0.717) is 37.7 Å². The molecule has 0 N–H and O–H groups in total. The van der Waals surface area contributed by atoms with Crippen molar-refractivity contribution in [3.63, 3.8) is 0 Å². The third-order valence-electron chi connectivity index (χ3n) is 6.59. The van der Waals surface area contributed by atoms with E-state index in [1.807, 2.05) is 99.6 Å². The minimum atomic E-state index is -0.800. The maximum absolute atomic E-state index is 13.1. The van der Waals surface area contributed by atoms with E-state index < -0.39 is 17.3 Å². The summed E-state index contributed by atoms with van der Waals surface area (Å²) >= 11 is 6.25. The van der Waals surface area contributed by atoms with E-state index in [1.165, 1.54) is 0 Å². The van der Waals surface area contributed by atoms with E-state index in [4.69, 9.17) is 30.5 Å². The van der Waals surface area contributed by atoms with Gasteiger partial charge in [-0.25, -0.2) is 4.79 Å². The summed E-state index contributed by atoms with van der Waals surface area (Å²) in [4.78, 5) is 14.8. The van der Waals surface area contributed by atoms with Crippen LogP contribution in [0.25, 0.3) is 0 Å². The Morgan fingerprint density at radius 3 is 2.24 bits per heavy atom. The molecule has 1 aliphatic rings. The molecule has 0 radical (unpaired) electrons. The summed E-state index contributed by atoms with van der Waals surface area (Å²) in [6.45, 7) is 7.14. The minimum absolute atomic E-state index is 0.322. The van der Waals surface area contributed by atoms with Gasteiger partial charge in [-0.15, -0.1) is 0 Å². The monoisotopic (exact) mass is 537 g/mol.